The van der Waals surface area contributed by atoms with Crippen LogP contribution in [0.3, 0.4) is 0 Å². The summed E-state index contributed by atoms with van der Waals surface area (Å²) in [6, 6.07) is 1.47. The van der Waals surface area contributed by atoms with E-state index in [0.29, 0.717) is 13.0 Å². The highest BCUT2D eigenvalue weighted by Gasteiger charge is 2.32. The fourth-order valence-corrected chi connectivity index (χ4v) is 1.65. The van der Waals surface area contributed by atoms with Crippen molar-refractivity contribution in [3.63, 3.8) is 0 Å². The van der Waals surface area contributed by atoms with E-state index < -0.39 is 17.4 Å². The number of piperazine rings is 1. The summed E-state index contributed by atoms with van der Waals surface area (Å²) in [5.41, 5.74) is -0.503. The van der Waals surface area contributed by atoms with Crippen LogP contribution in [-0.2, 0) is 9.59 Å². The number of carboxylic acids is 1. The third-order valence-electron chi connectivity index (χ3n) is 2.89. The second kappa shape index (κ2) is 5.15. The van der Waals surface area contributed by atoms with E-state index in [-0.39, 0.29) is 19.0 Å². The molecule has 0 aromatic carbocycles. The molecule has 94 valence electrons. The van der Waals surface area contributed by atoms with Crippen molar-refractivity contribution in [3.8, 4) is 6.07 Å². The summed E-state index contributed by atoms with van der Waals surface area (Å²) in [6.45, 7) is 4.24. The largest absolute Gasteiger partial charge is 0.480 e. The third-order valence-corrected chi connectivity index (χ3v) is 2.89. The van der Waals surface area contributed by atoms with E-state index in [4.69, 9.17) is 10.4 Å². The molecular formula is C11H17N3O3. The molecule has 0 radical (unpaired) electrons. The second-order valence-corrected chi connectivity index (χ2v) is 4.87. The molecule has 1 aliphatic heterocycles. The molecule has 1 atom stereocenters. The highest BCUT2D eigenvalue weighted by molar-refractivity contribution is 5.83. The van der Waals surface area contributed by atoms with E-state index >= 15 is 0 Å². The van der Waals surface area contributed by atoms with E-state index in [9.17, 15) is 9.59 Å². The first-order chi connectivity index (χ1) is 7.85. The Hall–Kier alpha value is -1.61. The van der Waals surface area contributed by atoms with Crippen LogP contribution in [0, 0.1) is 16.7 Å². The topological polar surface area (TPSA) is 93.4 Å². The Morgan fingerprint density at radius 2 is 2.35 bits per heavy atom. The lowest BCUT2D eigenvalue weighted by Crippen LogP contribution is -2.57. The van der Waals surface area contributed by atoms with Gasteiger partial charge in [0.1, 0.15) is 6.04 Å². The smallest absolute Gasteiger partial charge is 0.322 e. The lowest BCUT2D eigenvalue weighted by atomic mass is 9.91. The van der Waals surface area contributed by atoms with Gasteiger partial charge in [-0.15, -0.1) is 0 Å². The fourth-order valence-electron chi connectivity index (χ4n) is 1.65. The van der Waals surface area contributed by atoms with Crippen molar-refractivity contribution in [2.45, 2.75) is 26.3 Å². The number of hydrogen-bond acceptors (Lipinski definition) is 4. The van der Waals surface area contributed by atoms with Gasteiger partial charge in [0, 0.05) is 13.1 Å². The number of carbonyl (C=O) groups excluding carboxylic acids is 1. The molecule has 1 unspecified atom stereocenters. The van der Waals surface area contributed by atoms with Crippen LogP contribution in [0.4, 0.5) is 0 Å². The summed E-state index contributed by atoms with van der Waals surface area (Å²) >= 11 is 0. The lowest BCUT2D eigenvalue weighted by Gasteiger charge is -2.33. The molecule has 0 saturated carbocycles. The van der Waals surface area contributed by atoms with Crippen molar-refractivity contribution in [1.82, 2.24) is 10.2 Å². The number of amides is 1. The summed E-state index contributed by atoms with van der Waals surface area (Å²) < 4.78 is 0. The number of aliphatic carboxylic acids is 1. The molecule has 0 aromatic rings. The van der Waals surface area contributed by atoms with E-state index in [1.807, 2.05) is 0 Å². The zero-order chi connectivity index (χ0) is 13.1. The van der Waals surface area contributed by atoms with Crippen LogP contribution in [-0.4, -0.2) is 47.6 Å². The second-order valence-electron chi connectivity index (χ2n) is 4.87. The zero-order valence-electron chi connectivity index (χ0n) is 10.1. The molecule has 6 nitrogen and oxygen atoms in total. The lowest BCUT2D eigenvalue weighted by molar-refractivity contribution is -0.146. The van der Waals surface area contributed by atoms with Gasteiger partial charge in [0.15, 0.2) is 0 Å². The summed E-state index contributed by atoms with van der Waals surface area (Å²) in [4.78, 5) is 23.8. The van der Waals surface area contributed by atoms with Gasteiger partial charge in [-0.25, -0.2) is 0 Å². The molecule has 0 aromatic heterocycles. The average molecular weight is 239 g/mol. The van der Waals surface area contributed by atoms with Crippen LogP contribution >= 0.6 is 0 Å². The number of carbonyl (C=O) groups is 2. The van der Waals surface area contributed by atoms with Crippen LogP contribution in [0.15, 0.2) is 0 Å². The van der Waals surface area contributed by atoms with Crippen molar-refractivity contribution < 1.29 is 14.7 Å². The molecule has 17 heavy (non-hydrogen) atoms. The highest BCUT2D eigenvalue weighted by atomic mass is 16.4. The number of nitriles is 1. The monoisotopic (exact) mass is 239 g/mol. The average Bonchev–Trinajstić information content (AvgIpc) is 2.26. The van der Waals surface area contributed by atoms with Gasteiger partial charge in [-0.1, -0.05) is 0 Å². The molecule has 0 bridgehead atoms. The van der Waals surface area contributed by atoms with Crippen molar-refractivity contribution >= 4 is 11.9 Å². The molecule has 6 heteroatoms. The summed E-state index contributed by atoms with van der Waals surface area (Å²) in [5.74, 6) is -1.11. The van der Waals surface area contributed by atoms with Crippen LogP contribution in [0.2, 0.25) is 0 Å². The first kappa shape index (κ1) is 13.5. The minimum absolute atomic E-state index is 0.0818. The van der Waals surface area contributed by atoms with Gasteiger partial charge in [-0.3, -0.25) is 14.5 Å². The minimum Gasteiger partial charge on any atom is -0.480 e. The van der Waals surface area contributed by atoms with Crippen LogP contribution in [0.25, 0.3) is 0 Å². The Bertz CT molecular complexity index is 359. The molecule has 1 fully saturated rings. The first-order valence-electron chi connectivity index (χ1n) is 5.50. The maximum Gasteiger partial charge on any atom is 0.322 e. The van der Waals surface area contributed by atoms with E-state index in [0.717, 1.165) is 0 Å². The Morgan fingerprint density at radius 1 is 1.71 bits per heavy atom. The van der Waals surface area contributed by atoms with Gasteiger partial charge in [0.25, 0.3) is 0 Å². The van der Waals surface area contributed by atoms with Crippen molar-refractivity contribution in [1.29, 1.82) is 5.26 Å². The summed E-state index contributed by atoms with van der Waals surface area (Å²) in [6.07, 6.45) is 0.542. The molecular weight excluding hydrogens is 222 g/mol. The Balaban J connectivity index is 2.62. The van der Waals surface area contributed by atoms with Gasteiger partial charge in [0.2, 0.25) is 5.91 Å². The normalized spacial score (nSPS) is 21.7. The summed E-state index contributed by atoms with van der Waals surface area (Å²) in [5, 5.41) is 20.4. The van der Waals surface area contributed by atoms with E-state index in [1.165, 1.54) is 0 Å². The SMILES string of the molecule is CC(C)(C#N)CCN1CC(=O)NCC1C(=O)O. The number of nitrogens with zero attached hydrogens (tertiary/aromatic N) is 2. The molecule has 1 aliphatic rings. The number of nitrogens with one attached hydrogen (secondary N) is 1. The minimum atomic E-state index is -0.945. The zero-order valence-corrected chi connectivity index (χ0v) is 10.1. The van der Waals surface area contributed by atoms with E-state index in [2.05, 4.69) is 11.4 Å². The van der Waals surface area contributed by atoms with Gasteiger partial charge in [0.05, 0.1) is 18.0 Å². The van der Waals surface area contributed by atoms with Crippen molar-refractivity contribution in [3.05, 3.63) is 0 Å². The molecule has 2 N–H and O–H groups in total. The van der Waals surface area contributed by atoms with Crippen LogP contribution in [0.1, 0.15) is 20.3 Å². The predicted octanol–water partition coefficient (Wildman–Crippen LogP) is -0.189. The van der Waals surface area contributed by atoms with Crippen LogP contribution < -0.4 is 5.32 Å². The van der Waals surface area contributed by atoms with Crippen molar-refractivity contribution in [2.75, 3.05) is 19.6 Å². The number of hydrogen-bond donors (Lipinski definition) is 2. The fraction of sp³-hybridized carbons (Fsp3) is 0.727. The van der Waals surface area contributed by atoms with Gasteiger partial charge < -0.3 is 10.4 Å². The molecule has 1 heterocycles. The van der Waals surface area contributed by atoms with Gasteiger partial charge >= 0.3 is 5.97 Å². The standard InChI is InChI=1S/C11H17N3O3/c1-11(2,7-12)3-4-14-6-9(15)13-5-8(14)10(16)17/h8H,3-6H2,1-2H3,(H,13,15)(H,16,17). The van der Waals surface area contributed by atoms with Gasteiger partial charge in [-0.05, 0) is 20.3 Å². The Kier molecular flexibility index (Phi) is 4.07. The number of carboxylic acid groups (broad SMARTS) is 1. The third kappa shape index (κ3) is 3.71. The number of rotatable bonds is 4. The van der Waals surface area contributed by atoms with E-state index in [1.54, 1.807) is 18.7 Å². The Labute approximate surface area is 100 Å². The van der Waals surface area contributed by atoms with Crippen molar-refractivity contribution in [2.24, 2.45) is 5.41 Å². The molecule has 1 saturated heterocycles. The highest BCUT2D eigenvalue weighted by Crippen LogP contribution is 2.20. The van der Waals surface area contributed by atoms with Gasteiger partial charge in [-0.2, -0.15) is 5.26 Å². The maximum atomic E-state index is 11.2. The molecule has 1 amide bonds. The first-order valence-corrected chi connectivity index (χ1v) is 5.50. The maximum absolute atomic E-state index is 11.2. The predicted molar refractivity (Wildman–Crippen MR) is 60.0 cm³/mol. The quantitative estimate of drug-likeness (QED) is 0.709. The van der Waals surface area contributed by atoms with Crippen LogP contribution in [0.5, 0.6) is 0 Å². The summed E-state index contributed by atoms with van der Waals surface area (Å²) in [7, 11) is 0. The molecule has 0 aliphatic carbocycles. The molecule has 0 spiro atoms. The Morgan fingerprint density at radius 3 is 2.88 bits per heavy atom. The molecule has 1 rings (SSSR count).